The van der Waals surface area contributed by atoms with Gasteiger partial charge in [-0.05, 0) is 48.0 Å². The van der Waals surface area contributed by atoms with Gasteiger partial charge in [0.05, 0.1) is 38.6 Å². The zero-order valence-corrected chi connectivity index (χ0v) is 22.2. The van der Waals surface area contributed by atoms with Crippen LogP contribution < -0.4 is 14.8 Å². The number of aromatic nitrogens is 3. The quantitative estimate of drug-likeness (QED) is 0.318. The molecule has 10 heteroatoms. The van der Waals surface area contributed by atoms with Crippen LogP contribution >= 0.6 is 0 Å². The molecule has 0 unspecified atom stereocenters. The molecule has 1 fully saturated rings. The Bertz CT molecular complexity index is 1470. The molecular formula is C29H31N5O5. The molecule has 1 atom stereocenters. The second-order valence-corrected chi connectivity index (χ2v) is 9.28. The highest BCUT2D eigenvalue weighted by Gasteiger charge is 2.29. The van der Waals surface area contributed by atoms with Crippen LogP contribution in [-0.4, -0.2) is 65.0 Å². The Morgan fingerprint density at radius 1 is 1.05 bits per heavy atom. The van der Waals surface area contributed by atoms with E-state index in [2.05, 4.69) is 10.3 Å². The molecule has 0 spiro atoms. The fraction of sp³-hybridized carbons (Fsp3) is 0.310. The number of nitrogens with zero attached hydrogens (tertiary/aromatic N) is 4. The molecule has 202 valence electrons. The summed E-state index contributed by atoms with van der Waals surface area (Å²) in [5.74, 6) is 0.963. The molecule has 0 radical (unpaired) electrons. The highest BCUT2D eigenvalue weighted by Crippen LogP contribution is 2.34. The predicted octanol–water partition coefficient (Wildman–Crippen LogP) is 4.41. The molecule has 1 saturated heterocycles. The average Bonchev–Trinajstić information content (AvgIpc) is 3.58. The number of carbonyl (C=O) groups excluding carboxylic acids is 2. The molecule has 1 aliphatic rings. The zero-order valence-electron chi connectivity index (χ0n) is 22.2. The molecule has 3 heterocycles. The van der Waals surface area contributed by atoms with Gasteiger partial charge in [0.15, 0.2) is 5.65 Å². The highest BCUT2D eigenvalue weighted by atomic mass is 16.5. The summed E-state index contributed by atoms with van der Waals surface area (Å²) in [6.07, 6.45) is 2.76. The van der Waals surface area contributed by atoms with Crippen LogP contribution in [-0.2, 0) is 16.1 Å². The Labute approximate surface area is 226 Å². The fourth-order valence-corrected chi connectivity index (χ4v) is 4.66. The minimum atomic E-state index is -0.393. The number of amides is 1. The molecule has 1 N–H and O–H groups in total. The Balaban J connectivity index is 1.48. The molecule has 0 saturated carbocycles. The van der Waals surface area contributed by atoms with Crippen LogP contribution in [0, 0.1) is 0 Å². The van der Waals surface area contributed by atoms with Gasteiger partial charge in [0.1, 0.15) is 17.2 Å². The molecule has 5 rings (SSSR count). The topological polar surface area (TPSA) is 108 Å². The van der Waals surface area contributed by atoms with Gasteiger partial charge >= 0.3 is 5.97 Å². The van der Waals surface area contributed by atoms with Crippen molar-refractivity contribution >= 4 is 34.3 Å². The van der Waals surface area contributed by atoms with Crippen LogP contribution in [0.2, 0.25) is 0 Å². The highest BCUT2D eigenvalue weighted by molar-refractivity contribution is 5.96. The molecular weight excluding hydrogens is 498 g/mol. The number of anilines is 2. The third kappa shape index (κ3) is 5.64. The maximum atomic E-state index is 12.2. The number of nitrogens with one attached hydrogen (secondary N) is 1. The second kappa shape index (κ2) is 11.4. The summed E-state index contributed by atoms with van der Waals surface area (Å²) in [6.45, 7) is 3.54. The minimum absolute atomic E-state index is 0.121. The van der Waals surface area contributed by atoms with Crippen LogP contribution in [0.4, 0.5) is 11.4 Å². The van der Waals surface area contributed by atoms with Crippen molar-refractivity contribution in [1.29, 1.82) is 0 Å². The Morgan fingerprint density at radius 3 is 2.51 bits per heavy atom. The maximum Gasteiger partial charge on any atom is 0.337 e. The van der Waals surface area contributed by atoms with Crippen LogP contribution in [0.25, 0.3) is 11.0 Å². The first-order valence-corrected chi connectivity index (χ1v) is 12.9. The summed E-state index contributed by atoms with van der Waals surface area (Å²) in [7, 11) is 2.99. The summed E-state index contributed by atoms with van der Waals surface area (Å²) in [6, 6.07) is 16.7. The van der Waals surface area contributed by atoms with Crippen molar-refractivity contribution < 1.29 is 23.8 Å². The summed E-state index contributed by atoms with van der Waals surface area (Å²) in [5, 5.41) is 8.98. The van der Waals surface area contributed by atoms with E-state index < -0.39 is 5.97 Å². The summed E-state index contributed by atoms with van der Waals surface area (Å²) < 4.78 is 18.3. The van der Waals surface area contributed by atoms with Crippen molar-refractivity contribution in [3.8, 4) is 11.6 Å². The molecule has 0 bridgehead atoms. The SMILES string of the molecule is CCC(=O)N1CC[C@@H](Oc2nn(Cc3ccc(OC)cc3)c3nccc(Nc4ccc(C(=O)OC)cc4)c23)C1. The van der Waals surface area contributed by atoms with E-state index in [1.165, 1.54) is 7.11 Å². The second-order valence-electron chi connectivity index (χ2n) is 9.28. The molecule has 1 aliphatic heterocycles. The van der Waals surface area contributed by atoms with Gasteiger partial charge in [-0.25, -0.2) is 14.5 Å². The molecule has 1 amide bonds. The van der Waals surface area contributed by atoms with E-state index in [0.717, 1.165) is 34.5 Å². The largest absolute Gasteiger partial charge is 0.497 e. The van der Waals surface area contributed by atoms with Crippen molar-refractivity contribution in [1.82, 2.24) is 19.7 Å². The lowest BCUT2D eigenvalue weighted by molar-refractivity contribution is -0.130. The van der Waals surface area contributed by atoms with Gasteiger partial charge < -0.3 is 24.4 Å². The molecule has 39 heavy (non-hydrogen) atoms. The predicted molar refractivity (Wildman–Crippen MR) is 147 cm³/mol. The van der Waals surface area contributed by atoms with Gasteiger partial charge in [-0.1, -0.05) is 19.1 Å². The van der Waals surface area contributed by atoms with E-state index in [-0.39, 0.29) is 12.0 Å². The number of rotatable bonds is 9. The van der Waals surface area contributed by atoms with Crippen LogP contribution in [0.5, 0.6) is 11.6 Å². The molecule has 4 aromatic rings. The smallest absolute Gasteiger partial charge is 0.337 e. The summed E-state index contributed by atoms with van der Waals surface area (Å²) in [5.41, 5.74) is 3.71. The number of methoxy groups -OCH3 is 2. The number of hydrogen-bond donors (Lipinski definition) is 1. The number of pyridine rings is 1. The molecule has 2 aromatic carbocycles. The number of ether oxygens (including phenoxy) is 3. The summed E-state index contributed by atoms with van der Waals surface area (Å²) >= 11 is 0. The van der Waals surface area contributed by atoms with E-state index in [9.17, 15) is 9.59 Å². The first-order valence-electron chi connectivity index (χ1n) is 12.9. The van der Waals surface area contributed by atoms with Gasteiger partial charge in [0, 0.05) is 31.3 Å². The monoisotopic (exact) mass is 529 g/mol. The van der Waals surface area contributed by atoms with E-state index in [0.29, 0.717) is 43.1 Å². The van der Waals surface area contributed by atoms with Crippen molar-refractivity contribution in [2.75, 3.05) is 32.6 Å². The lowest BCUT2D eigenvalue weighted by atomic mass is 10.2. The first kappa shape index (κ1) is 26.0. The van der Waals surface area contributed by atoms with E-state index >= 15 is 0 Å². The third-order valence-electron chi connectivity index (χ3n) is 6.76. The Hall–Kier alpha value is -4.60. The van der Waals surface area contributed by atoms with Crippen molar-refractivity contribution in [3.05, 3.63) is 71.9 Å². The Morgan fingerprint density at radius 2 is 1.82 bits per heavy atom. The Kier molecular flexibility index (Phi) is 7.62. The van der Waals surface area contributed by atoms with E-state index in [1.807, 2.05) is 59.0 Å². The van der Waals surface area contributed by atoms with Gasteiger partial charge in [0.2, 0.25) is 11.8 Å². The van der Waals surface area contributed by atoms with Crippen molar-refractivity contribution in [2.45, 2.75) is 32.4 Å². The molecule has 2 aromatic heterocycles. The normalized spacial score (nSPS) is 14.8. The lowest BCUT2D eigenvalue weighted by Crippen LogP contribution is -2.30. The van der Waals surface area contributed by atoms with Crippen LogP contribution in [0.15, 0.2) is 60.8 Å². The van der Waals surface area contributed by atoms with Gasteiger partial charge in [-0.2, -0.15) is 0 Å². The number of carbonyl (C=O) groups is 2. The number of fused-ring (bicyclic) bond motifs is 1. The number of likely N-dealkylation sites (tertiary alicyclic amines) is 1. The standard InChI is InChI=1S/C29H31N5O5/c1-4-25(35)33-16-14-23(18-33)39-28-26-24(31-21-9-7-20(8-10-21)29(36)38-3)13-15-30-27(26)34(32-28)17-19-5-11-22(37-2)12-6-19/h5-13,15,23H,4,14,16-18H2,1-3H3,(H,30,31)/t23-/m1/s1. The van der Waals surface area contributed by atoms with Crippen LogP contribution in [0.3, 0.4) is 0 Å². The number of hydrogen-bond acceptors (Lipinski definition) is 8. The number of esters is 1. The molecule has 0 aliphatic carbocycles. The van der Waals surface area contributed by atoms with Crippen LogP contribution in [0.1, 0.15) is 35.7 Å². The van der Waals surface area contributed by atoms with Gasteiger partial charge in [0.25, 0.3) is 0 Å². The van der Waals surface area contributed by atoms with Crippen molar-refractivity contribution in [2.24, 2.45) is 0 Å². The lowest BCUT2D eigenvalue weighted by Gasteiger charge is -2.16. The zero-order chi connectivity index (χ0) is 27.4. The summed E-state index contributed by atoms with van der Waals surface area (Å²) in [4.78, 5) is 30.5. The maximum absolute atomic E-state index is 12.2. The van der Waals surface area contributed by atoms with Gasteiger partial charge in [-0.15, -0.1) is 5.10 Å². The fourth-order valence-electron chi connectivity index (χ4n) is 4.66. The van der Waals surface area contributed by atoms with Gasteiger partial charge in [-0.3, -0.25) is 4.79 Å². The first-order chi connectivity index (χ1) is 19.0. The average molecular weight is 530 g/mol. The van der Waals surface area contributed by atoms with E-state index in [1.54, 1.807) is 25.4 Å². The van der Waals surface area contributed by atoms with Crippen molar-refractivity contribution in [3.63, 3.8) is 0 Å². The number of benzene rings is 2. The van der Waals surface area contributed by atoms with E-state index in [4.69, 9.17) is 19.3 Å². The third-order valence-corrected chi connectivity index (χ3v) is 6.76. The minimum Gasteiger partial charge on any atom is -0.497 e. The molecule has 10 nitrogen and oxygen atoms in total.